The Morgan fingerprint density at radius 2 is 1.90 bits per heavy atom. The van der Waals surface area contributed by atoms with Crippen LogP contribution in [0.15, 0.2) is 35.5 Å². The van der Waals surface area contributed by atoms with Crippen molar-refractivity contribution in [2.45, 2.75) is 110 Å². The third-order valence-electron chi connectivity index (χ3n) is 8.62. The van der Waals surface area contributed by atoms with Crippen LogP contribution in [0.2, 0.25) is 0 Å². The number of aliphatic hydroxyl groups is 3. The van der Waals surface area contributed by atoms with Gasteiger partial charge in [-0.15, -0.1) is 0 Å². The lowest BCUT2D eigenvalue weighted by molar-refractivity contribution is -0.0554. The lowest BCUT2D eigenvalue weighted by Gasteiger charge is -2.44. The summed E-state index contributed by atoms with van der Waals surface area (Å²) in [6.07, 6.45) is 14.1. The molecule has 3 nitrogen and oxygen atoms in total. The topological polar surface area (TPSA) is 60.7 Å². The zero-order chi connectivity index (χ0) is 22.1. The van der Waals surface area contributed by atoms with Crippen molar-refractivity contribution in [1.29, 1.82) is 0 Å². The zero-order valence-corrected chi connectivity index (χ0v) is 19.7. The summed E-state index contributed by atoms with van der Waals surface area (Å²) in [4.78, 5) is 0. The van der Waals surface area contributed by atoms with Crippen LogP contribution in [0.4, 0.5) is 0 Å². The number of rotatable bonds is 6. The summed E-state index contributed by atoms with van der Waals surface area (Å²) < 4.78 is 0. The van der Waals surface area contributed by atoms with Gasteiger partial charge in [0.1, 0.15) is 0 Å². The minimum atomic E-state index is -1.02. The summed E-state index contributed by atoms with van der Waals surface area (Å²) >= 11 is 0. The molecule has 0 aromatic heterocycles. The molecule has 3 heteroatoms. The van der Waals surface area contributed by atoms with Gasteiger partial charge in [0, 0.05) is 0 Å². The lowest BCUT2D eigenvalue weighted by Crippen LogP contribution is -2.38. The molecule has 0 spiro atoms. The molecule has 170 valence electrons. The van der Waals surface area contributed by atoms with Crippen molar-refractivity contribution in [3.63, 3.8) is 0 Å². The van der Waals surface area contributed by atoms with E-state index in [1.165, 1.54) is 43.3 Å². The summed E-state index contributed by atoms with van der Waals surface area (Å²) in [7, 11) is 0. The number of allylic oxidation sites excluding steroid dienone is 4. The molecule has 0 aromatic rings. The van der Waals surface area contributed by atoms with E-state index in [4.69, 9.17) is 0 Å². The van der Waals surface area contributed by atoms with E-state index in [0.29, 0.717) is 29.6 Å². The summed E-state index contributed by atoms with van der Waals surface area (Å²) in [6.45, 7) is 12.5. The van der Waals surface area contributed by atoms with E-state index >= 15 is 0 Å². The molecule has 3 aliphatic rings. The molecule has 0 aliphatic heterocycles. The van der Waals surface area contributed by atoms with E-state index in [0.717, 1.165) is 25.7 Å². The third-order valence-corrected chi connectivity index (χ3v) is 8.62. The first-order valence-corrected chi connectivity index (χ1v) is 12.2. The average Bonchev–Trinajstić information content (AvgIpc) is 3.03. The molecule has 3 aliphatic carbocycles. The monoisotopic (exact) mass is 416 g/mol. The Hall–Kier alpha value is -0.900. The van der Waals surface area contributed by atoms with Crippen LogP contribution in [0.5, 0.6) is 0 Å². The van der Waals surface area contributed by atoms with Crippen molar-refractivity contribution in [2.75, 3.05) is 0 Å². The molecule has 30 heavy (non-hydrogen) atoms. The van der Waals surface area contributed by atoms with Crippen LogP contribution in [-0.4, -0.2) is 33.1 Å². The summed E-state index contributed by atoms with van der Waals surface area (Å²) in [5, 5.41) is 30.3. The van der Waals surface area contributed by atoms with E-state index in [1.54, 1.807) is 19.4 Å². The fourth-order valence-corrected chi connectivity index (χ4v) is 6.58. The second-order valence-corrected chi connectivity index (χ2v) is 11.3. The molecule has 1 unspecified atom stereocenters. The average molecular weight is 417 g/mol. The van der Waals surface area contributed by atoms with Crippen molar-refractivity contribution in [2.24, 2.45) is 23.2 Å². The minimum Gasteiger partial charge on any atom is -0.393 e. The van der Waals surface area contributed by atoms with Crippen LogP contribution < -0.4 is 0 Å². The second kappa shape index (κ2) is 9.30. The SMILES string of the molecule is C=C1CC[C@H](O)C/C1=C/C=C1\CCC[C@]2(C)C([C@H](C)CC[C@@H](O)C(C)(C)O)CC[C@@H]12. The molecule has 6 atom stereocenters. The first kappa shape index (κ1) is 23.8. The Bertz CT molecular complexity index is 683. The van der Waals surface area contributed by atoms with Crippen LogP contribution >= 0.6 is 0 Å². The van der Waals surface area contributed by atoms with Crippen LogP contribution in [0.1, 0.15) is 91.9 Å². The summed E-state index contributed by atoms with van der Waals surface area (Å²) in [5.74, 6) is 1.89. The van der Waals surface area contributed by atoms with Crippen molar-refractivity contribution < 1.29 is 15.3 Å². The maximum Gasteiger partial charge on any atom is 0.0849 e. The Labute approximate surface area is 184 Å². The smallest absolute Gasteiger partial charge is 0.0849 e. The van der Waals surface area contributed by atoms with Gasteiger partial charge in [-0.1, -0.05) is 43.7 Å². The fourth-order valence-electron chi connectivity index (χ4n) is 6.58. The molecular weight excluding hydrogens is 372 g/mol. The molecule has 0 radical (unpaired) electrons. The molecular formula is C27H44O3. The van der Waals surface area contributed by atoms with Gasteiger partial charge >= 0.3 is 0 Å². The third kappa shape index (κ3) is 5.11. The van der Waals surface area contributed by atoms with Gasteiger partial charge in [-0.05, 0) is 107 Å². The van der Waals surface area contributed by atoms with E-state index in [1.807, 2.05) is 0 Å². The van der Waals surface area contributed by atoms with Gasteiger partial charge in [0.2, 0.25) is 0 Å². The van der Waals surface area contributed by atoms with Crippen LogP contribution in [0.3, 0.4) is 0 Å². The van der Waals surface area contributed by atoms with E-state index in [2.05, 4.69) is 32.6 Å². The Morgan fingerprint density at radius 3 is 2.60 bits per heavy atom. The maximum absolute atomic E-state index is 10.3. The first-order valence-electron chi connectivity index (χ1n) is 12.2. The largest absolute Gasteiger partial charge is 0.393 e. The highest BCUT2D eigenvalue weighted by Crippen LogP contribution is 2.60. The van der Waals surface area contributed by atoms with Gasteiger partial charge in [-0.2, -0.15) is 0 Å². The highest BCUT2D eigenvalue weighted by atomic mass is 16.3. The molecule has 0 aromatic carbocycles. The first-order chi connectivity index (χ1) is 14.0. The predicted molar refractivity (Wildman–Crippen MR) is 124 cm³/mol. The van der Waals surface area contributed by atoms with Gasteiger partial charge < -0.3 is 15.3 Å². The molecule has 0 amide bonds. The zero-order valence-electron chi connectivity index (χ0n) is 19.7. The second-order valence-electron chi connectivity index (χ2n) is 11.3. The van der Waals surface area contributed by atoms with E-state index in [9.17, 15) is 15.3 Å². The van der Waals surface area contributed by atoms with E-state index in [-0.39, 0.29) is 6.10 Å². The molecule has 3 rings (SSSR count). The molecule has 3 N–H and O–H groups in total. The maximum atomic E-state index is 10.3. The van der Waals surface area contributed by atoms with Crippen LogP contribution in [0.25, 0.3) is 0 Å². The molecule has 3 saturated carbocycles. The molecule has 0 bridgehead atoms. The lowest BCUT2D eigenvalue weighted by atomic mass is 9.60. The highest BCUT2D eigenvalue weighted by Gasteiger charge is 2.50. The van der Waals surface area contributed by atoms with Gasteiger partial charge in [0.05, 0.1) is 17.8 Å². The highest BCUT2D eigenvalue weighted by molar-refractivity contribution is 5.36. The minimum absolute atomic E-state index is 0.215. The standard InChI is InChI=1S/C27H44O3/c1-18-8-12-22(28)17-21(18)11-10-20-7-6-16-27(5)23(13-14-24(20)27)19(2)9-15-25(29)26(3,4)30/h10-11,19,22-25,28-30H,1,6-9,12-17H2,2-5H3/b20-10+,21-11-/t19-,22+,23?,24+,25-,27-/m1/s1. The van der Waals surface area contributed by atoms with Crippen molar-refractivity contribution in [3.05, 3.63) is 35.5 Å². The van der Waals surface area contributed by atoms with Gasteiger partial charge in [0.25, 0.3) is 0 Å². The Balaban J connectivity index is 1.69. The summed E-state index contributed by atoms with van der Waals surface area (Å²) in [5.41, 5.74) is 3.34. The van der Waals surface area contributed by atoms with Crippen molar-refractivity contribution in [1.82, 2.24) is 0 Å². The number of aliphatic hydroxyl groups excluding tert-OH is 2. The Kier molecular flexibility index (Phi) is 7.37. The van der Waals surface area contributed by atoms with Gasteiger partial charge in [-0.3, -0.25) is 0 Å². The number of fused-ring (bicyclic) bond motifs is 1. The van der Waals surface area contributed by atoms with Crippen molar-refractivity contribution in [3.8, 4) is 0 Å². The number of hydrogen-bond donors (Lipinski definition) is 3. The summed E-state index contributed by atoms with van der Waals surface area (Å²) in [6, 6.07) is 0. The quantitative estimate of drug-likeness (QED) is 0.520. The van der Waals surface area contributed by atoms with Gasteiger partial charge in [0.15, 0.2) is 0 Å². The molecule has 0 heterocycles. The van der Waals surface area contributed by atoms with Gasteiger partial charge in [-0.25, -0.2) is 0 Å². The van der Waals surface area contributed by atoms with Crippen LogP contribution in [0, 0.1) is 23.2 Å². The number of hydrogen-bond acceptors (Lipinski definition) is 3. The van der Waals surface area contributed by atoms with Crippen LogP contribution in [-0.2, 0) is 0 Å². The normalized spacial score (nSPS) is 37.4. The van der Waals surface area contributed by atoms with E-state index < -0.39 is 11.7 Å². The molecule has 3 fully saturated rings. The van der Waals surface area contributed by atoms with Crippen molar-refractivity contribution >= 4 is 0 Å². The Morgan fingerprint density at radius 1 is 1.17 bits per heavy atom. The fraction of sp³-hybridized carbons (Fsp3) is 0.778. The molecule has 0 saturated heterocycles. The predicted octanol–water partition coefficient (Wildman–Crippen LogP) is 5.70.